The van der Waals surface area contributed by atoms with Crippen molar-refractivity contribution >= 4 is 15.8 Å². The van der Waals surface area contributed by atoms with Gasteiger partial charge in [-0.25, -0.2) is 8.42 Å². The summed E-state index contributed by atoms with van der Waals surface area (Å²) in [7, 11) is -2.92. The van der Waals surface area contributed by atoms with E-state index in [1.807, 2.05) is 11.8 Å². The number of unbranched alkanes of at least 4 members (excludes halogenated alkanes) is 2. The smallest absolute Gasteiger partial charge is 0.320 e. The molecule has 20 heavy (non-hydrogen) atoms. The van der Waals surface area contributed by atoms with Gasteiger partial charge in [-0.2, -0.15) is 0 Å². The lowest BCUT2D eigenvalue weighted by Crippen LogP contribution is -2.41. The summed E-state index contributed by atoms with van der Waals surface area (Å²) in [5.41, 5.74) is 0. The molecule has 0 aliphatic carbocycles. The zero-order valence-corrected chi connectivity index (χ0v) is 13.5. The first-order chi connectivity index (χ1) is 9.48. The molecule has 0 aromatic rings. The van der Waals surface area contributed by atoms with Crippen molar-refractivity contribution in [1.82, 2.24) is 4.90 Å². The zero-order valence-electron chi connectivity index (χ0n) is 12.6. The van der Waals surface area contributed by atoms with Gasteiger partial charge in [0.1, 0.15) is 0 Å². The Hall–Kier alpha value is -0.620. The summed E-state index contributed by atoms with van der Waals surface area (Å²) in [6.45, 7) is 5.57. The van der Waals surface area contributed by atoms with Crippen LogP contribution < -0.4 is 0 Å². The Kier molecular flexibility index (Phi) is 7.51. The van der Waals surface area contributed by atoms with Gasteiger partial charge in [0, 0.05) is 6.04 Å². The van der Waals surface area contributed by atoms with Crippen molar-refractivity contribution in [3.05, 3.63) is 0 Å². The minimum Gasteiger partial charge on any atom is -0.465 e. The molecule has 0 N–H and O–H groups in total. The van der Waals surface area contributed by atoms with E-state index in [9.17, 15) is 13.2 Å². The van der Waals surface area contributed by atoms with Crippen molar-refractivity contribution in [2.24, 2.45) is 0 Å². The maximum atomic E-state index is 11.8. The molecule has 6 heteroatoms. The van der Waals surface area contributed by atoms with E-state index in [4.69, 9.17) is 4.74 Å². The highest BCUT2D eigenvalue weighted by Gasteiger charge is 2.32. The predicted octanol–water partition coefficient (Wildman–Crippen LogP) is 1.62. The molecule has 0 spiro atoms. The number of carbonyl (C=O) groups excluding carboxylic acids is 1. The van der Waals surface area contributed by atoms with Crippen molar-refractivity contribution in [3.8, 4) is 0 Å². The van der Waals surface area contributed by atoms with Gasteiger partial charge in [0.05, 0.1) is 24.7 Å². The molecule has 1 aliphatic heterocycles. The largest absolute Gasteiger partial charge is 0.465 e. The Morgan fingerprint density at radius 1 is 1.25 bits per heavy atom. The van der Waals surface area contributed by atoms with Crippen molar-refractivity contribution in [2.75, 3.05) is 31.2 Å². The highest BCUT2D eigenvalue weighted by molar-refractivity contribution is 7.91. The van der Waals surface area contributed by atoms with Crippen LogP contribution in [-0.4, -0.2) is 56.5 Å². The number of rotatable bonds is 9. The summed E-state index contributed by atoms with van der Waals surface area (Å²) in [5.74, 6) is 0.184. The summed E-state index contributed by atoms with van der Waals surface area (Å²) in [4.78, 5) is 13.8. The van der Waals surface area contributed by atoms with Gasteiger partial charge in [-0.3, -0.25) is 9.69 Å². The quantitative estimate of drug-likeness (QED) is 0.478. The lowest BCUT2D eigenvalue weighted by molar-refractivity contribution is -0.145. The summed E-state index contributed by atoms with van der Waals surface area (Å²) in [5, 5.41) is 0. The maximum absolute atomic E-state index is 11.8. The monoisotopic (exact) mass is 305 g/mol. The first kappa shape index (κ1) is 17.4. The van der Waals surface area contributed by atoms with Crippen LogP contribution >= 0.6 is 0 Å². The second kappa shape index (κ2) is 8.62. The van der Waals surface area contributed by atoms with E-state index in [0.717, 1.165) is 32.2 Å². The van der Waals surface area contributed by atoms with E-state index in [1.165, 1.54) is 0 Å². The van der Waals surface area contributed by atoms with Gasteiger partial charge in [0.2, 0.25) is 0 Å². The van der Waals surface area contributed by atoms with Gasteiger partial charge in [-0.1, -0.05) is 26.7 Å². The predicted molar refractivity (Wildman–Crippen MR) is 79.4 cm³/mol. The lowest BCUT2D eigenvalue weighted by Gasteiger charge is -2.26. The molecule has 0 amide bonds. The summed E-state index contributed by atoms with van der Waals surface area (Å²) in [6.07, 6.45) is 4.50. The van der Waals surface area contributed by atoms with E-state index in [2.05, 4.69) is 6.92 Å². The molecule has 118 valence electrons. The number of ether oxygens (including phenoxy) is 1. The van der Waals surface area contributed by atoms with Crippen LogP contribution in [0.15, 0.2) is 0 Å². The highest BCUT2D eigenvalue weighted by Crippen LogP contribution is 2.18. The molecule has 0 aromatic carbocycles. The van der Waals surface area contributed by atoms with Crippen LogP contribution in [0.1, 0.15) is 46.0 Å². The van der Waals surface area contributed by atoms with Gasteiger partial charge in [0.25, 0.3) is 0 Å². The Balaban J connectivity index is 2.49. The van der Waals surface area contributed by atoms with Crippen molar-refractivity contribution < 1.29 is 17.9 Å². The number of hydrogen-bond donors (Lipinski definition) is 0. The fourth-order valence-corrected chi connectivity index (χ4v) is 4.12. The number of carbonyl (C=O) groups is 1. The molecule has 1 unspecified atom stereocenters. The molecule has 1 fully saturated rings. The molecule has 1 aliphatic rings. The normalized spacial score (nSPS) is 21.2. The van der Waals surface area contributed by atoms with Crippen LogP contribution in [0.2, 0.25) is 0 Å². The molecule has 0 bridgehead atoms. The van der Waals surface area contributed by atoms with Crippen molar-refractivity contribution in [1.29, 1.82) is 0 Å². The third-order valence-electron chi connectivity index (χ3n) is 3.62. The third-order valence-corrected chi connectivity index (χ3v) is 5.37. The third kappa shape index (κ3) is 6.22. The molecule has 0 saturated carbocycles. The molecule has 1 atom stereocenters. The average Bonchev–Trinajstić information content (AvgIpc) is 2.75. The SMILES string of the molecule is CCCCOC(=O)CN(CCCC)C1CCS(=O)(=O)C1. The Labute approximate surface area is 122 Å². The van der Waals surface area contributed by atoms with E-state index >= 15 is 0 Å². The highest BCUT2D eigenvalue weighted by atomic mass is 32.2. The van der Waals surface area contributed by atoms with Crippen LogP contribution in [0.25, 0.3) is 0 Å². The van der Waals surface area contributed by atoms with E-state index in [-0.39, 0.29) is 30.1 Å². The van der Waals surface area contributed by atoms with Crippen molar-refractivity contribution in [3.63, 3.8) is 0 Å². The molecule has 0 radical (unpaired) electrons. The fraction of sp³-hybridized carbons (Fsp3) is 0.929. The average molecular weight is 305 g/mol. The first-order valence-corrected chi connectivity index (χ1v) is 9.40. The second-order valence-electron chi connectivity index (χ2n) is 5.45. The first-order valence-electron chi connectivity index (χ1n) is 7.58. The van der Waals surface area contributed by atoms with Crippen LogP contribution in [-0.2, 0) is 19.4 Å². The Morgan fingerprint density at radius 3 is 2.50 bits per heavy atom. The fourth-order valence-electron chi connectivity index (χ4n) is 2.36. The standard InChI is InChI=1S/C14H27NO4S/c1-3-5-8-15(11-14(16)19-9-6-4-2)13-7-10-20(17,18)12-13/h13H,3-12H2,1-2H3. The second-order valence-corrected chi connectivity index (χ2v) is 7.68. The molecule has 1 heterocycles. The minimum atomic E-state index is -2.92. The number of hydrogen-bond acceptors (Lipinski definition) is 5. The van der Waals surface area contributed by atoms with E-state index < -0.39 is 9.84 Å². The zero-order chi connectivity index (χ0) is 15.0. The van der Waals surface area contributed by atoms with Crippen LogP contribution in [0.3, 0.4) is 0 Å². The van der Waals surface area contributed by atoms with Gasteiger partial charge < -0.3 is 4.74 Å². The molecule has 5 nitrogen and oxygen atoms in total. The van der Waals surface area contributed by atoms with Gasteiger partial charge in [-0.05, 0) is 25.8 Å². The van der Waals surface area contributed by atoms with Crippen LogP contribution in [0.4, 0.5) is 0 Å². The van der Waals surface area contributed by atoms with Gasteiger partial charge in [-0.15, -0.1) is 0 Å². The Bertz CT molecular complexity index is 394. The minimum absolute atomic E-state index is 0.0229. The molecular formula is C14H27NO4S. The number of sulfone groups is 1. The number of esters is 1. The molecule has 1 rings (SSSR count). The van der Waals surface area contributed by atoms with Gasteiger partial charge in [0.15, 0.2) is 9.84 Å². The molecular weight excluding hydrogens is 278 g/mol. The van der Waals surface area contributed by atoms with E-state index in [0.29, 0.717) is 13.0 Å². The van der Waals surface area contributed by atoms with Crippen LogP contribution in [0, 0.1) is 0 Å². The van der Waals surface area contributed by atoms with Gasteiger partial charge >= 0.3 is 5.97 Å². The maximum Gasteiger partial charge on any atom is 0.320 e. The number of nitrogens with zero attached hydrogens (tertiary/aromatic N) is 1. The van der Waals surface area contributed by atoms with Crippen LogP contribution in [0.5, 0.6) is 0 Å². The summed E-state index contributed by atoms with van der Waals surface area (Å²) >= 11 is 0. The van der Waals surface area contributed by atoms with Crippen molar-refractivity contribution in [2.45, 2.75) is 52.0 Å². The summed E-state index contributed by atoms with van der Waals surface area (Å²) < 4.78 is 28.3. The molecule has 1 saturated heterocycles. The topological polar surface area (TPSA) is 63.7 Å². The lowest BCUT2D eigenvalue weighted by atomic mass is 10.2. The Morgan fingerprint density at radius 2 is 1.95 bits per heavy atom. The van der Waals surface area contributed by atoms with E-state index in [1.54, 1.807) is 0 Å². The molecule has 0 aromatic heterocycles. The summed E-state index contributed by atoms with van der Waals surface area (Å²) in [6, 6.07) is -0.0229.